The number of aryl methyl sites for hydroxylation is 1. The van der Waals surface area contributed by atoms with E-state index in [1.807, 2.05) is 19.1 Å². The van der Waals surface area contributed by atoms with Gasteiger partial charge in [-0.1, -0.05) is 32.6 Å². The summed E-state index contributed by atoms with van der Waals surface area (Å²) in [5.41, 5.74) is 6.00. The second kappa shape index (κ2) is 5.86. The van der Waals surface area contributed by atoms with Gasteiger partial charge in [-0.15, -0.1) is 0 Å². The largest absolute Gasteiger partial charge is 0.465 e. The van der Waals surface area contributed by atoms with Crippen LogP contribution in [0, 0.1) is 6.92 Å². The van der Waals surface area contributed by atoms with E-state index in [0.717, 1.165) is 17.9 Å². The molecule has 1 rings (SSSR count). The summed E-state index contributed by atoms with van der Waals surface area (Å²) < 4.78 is 5.48. The third-order valence-corrected chi connectivity index (χ3v) is 2.50. The van der Waals surface area contributed by atoms with Crippen LogP contribution in [-0.2, 0) is 0 Å². The van der Waals surface area contributed by atoms with Crippen LogP contribution in [-0.4, -0.2) is 0 Å². The first-order chi connectivity index (χ1) is 6.74. The number of nitrogens with two attached hydrogens (primary N) is 1. The molecule has 0 fully saturated rings. The molecule has 0 spiro atoms. The molecule has 1 heterocycles. The fraction of sp³-hybridized carbons (Fsp3) is 0.667. The van der Waals surface area contributed by atoms with Gasteiger partial charge < -0.3 is 10.2 Å². The molecule has 14 heavy (non-hydrogen) atoms. The standard InChI is InChI=1S/C12H21NO/c1-3-4-5-6-7-11(13)12-9-8-10(2)14-12/h8-9,11H,3-7,13H2,1-2H3. The minimum absolute atomic E-state index is 0.0838. The molecule has 2 nitrogen and oxygen atoms in total. The van der Waals surface area contributed by atoms with Gasteiger partial charge in [0.2, 0.25) is 0 Å². The van der Waals surface area contributed by atoms with Crippen molar-refractivity contribution in [1.29, 1.82) is 0 Å². The van der Waals surface area contributed by atoms with E-state index in [-0.39, 0.29) is 6.04 Å². The zero-order chi connectivity index (χ0) is 10.4. The molecule has 0 aromatic carbocycles. The lowest BCUT2D eigenvalue weighted by Crippen LogP contribution is -2.08. The van der Waals surface area contributed by atoms with Crippen molar-refractivity contribution in [3.63, 3.8) is 0 Å². The van der Waals surface area contributed by atoms with Crippen LogP contribution in [0.4, 0.5) is 0 Å². The molecule has 80 valence electrons. The minimum Gasteiger partial charge on any atom is -0.465 e. The smallest absolute Gasteiger partial charge is 0.120 e. The fourth-order valence-electron chi connectivity index (χ4n) is 1.59. The van der Waals surface area contributed by atoms with Crippen LogP contribution in [0.15, 0.2) is 16.5 Å². The second-order valence-corrected chi connectivity index (χ2v) is 3.90. The van der Waals surface area contributed by atoms with Crippen LogP contribution in [0.3, 0.4) is 0 Å². The molecule has 2 N–H and O–H groups in total. The molecule has 2 heteroatoms. The van der Waals surface area contributed by atoms with Crippen molar-refractivity contribution in [1.82, 2.24) is 0 Å². The number of furan rings is 1. The Kier molecular flexibility index (Phi) is 4.74. The maximum absolute atomic E-state index is 6.00. The number of rotatable bonds is 6. The van der Waals surface area contributed by atoms with E-state index in [4.69, 9.17) is 10.2 Å². The molecule has 1 aromatic heterocycles. The summed E-state index contributed by atoms with van der Waals surface area (Å²) in [6.45, 7) is 4.17. The van der Waals surface area contributed by atoms with Crippen LogP contribution in [0.5, 0.6) is 0 Å². The van der Waals surface area contributed by atoms with Crippen LogP contribution in [0.2, 0.25) is 0 Å². The monoisotopic (exact) mass is 195 g/mol. The number of hydrogen-bond donors (Lipinski definition) is 1. The number of unbranched alkanes of at least 4 members (excludes halogenated alkanes) is 3. The fourth-order valence-corrected chi connectivity index (χ4v) is 1.59. The maximum Gasteiger partial charge on any atom is 0.120 e. The van der Waals surface area contributed by atoms with Crippen molar-refractivity contribution in [2.24, 2.45) is 5.73 Å². The number of hydrogen-bond acceptors (Lipinski definition) is 2. The Balaban J connectivity index is 2.25. The van der Waals surface area contributed by atoms with Crippen LogP contribution >= 0.6 is 0 Å². The van der Waals surface area contributed by atoms with Crippen molar-refractivity contribution in [3.8, 4) is 0 Å². The van der Waals surface area contributed by atoms with E-state index in [2.05, 4.69) is 6.92 Å². The Hall–Kier alpha value is -0.760. The van der Waals surface area contributed by atoms with Gasteiger partial charge in [0.05, 0.1) is 6.04 Å². The summed E-state index contributed by atoms with van der Waals surface area (Å²) in [6, 6.07) is 4.04. The lowest BCUT2D eigenvalue weighted by molar-refractivity contribution is 0.425. The summed E-state index contributed by atoms with van der Waals surface area (Å²) in [5.74, 6) is 1.88. The Morgan fingerprint density at radius 2 is 2.07 bits per heavy atom. The molecular weight excluding hydrogens is 174 g/mol. The summed E-state index contributed by atoms with van der Waals surface area (Å²) >= 11 is 0. The van der Waals surface area contributed by atoms with Crippen molar-refractivity contribution in [2.75, 3.05) is 0 Å². The molecule has 1 unspecified atom stereocenters. The van der Waals surface area contributed by atoms with Gasteiger partial charge in [-0.2, -0.15) is 0 Å². The summed E-state index contributed by atoms with van der Waals surface area (Å²) in [7, 11) is 0. The maximum atomic E-state index is 6.00. The molecule has 0 saturated carbocycles. The van der Waals surface area contributed by atoms with E-state index >= 15 is 0 Å². The predicted octanol–water partition coefficient (Wildman–Crippen LogP) is 3.56. The average Bonchev–Trinajstić information content (AvgIpc) is 2.59. The highest BCUT2D eigenvalue weighted by molar-refractivity contribution is 5.08. The highest BCUT2D eigenvalue weighted by Gasteiger charge is 2.08. The van der Waals surface area contributed by atoms with Crippen molar-refractivity contribution in [3.05, 3.63) is 23.7 Å². The Morgan fingerprint density at radius 3 is 2.64 bits per heavy atom. The van der Waals surface area contributed by atoms with Crippen LogP contribution < -0.4 is 5.73 Å². The lowest BCUT2D eigenvalue weighted by atomic mass is 10.1. The van der Waals surface area contributed by atoms with Gasteiger partial charge in [0.15, 0.2) is 0 Å². The Bertz CT molecular complexity index is 255. The van der Waals surface area contributed by atoms with Crippen molar-refractivity contribution < 1.29 is 4.42 Å². The molecule has 0 aliphatic carbocycles. The van der Waals surface area contributed by atoms with Gasteiger partial charge >= 0.3 is 0 Å². The van der Waals surface area contributed by atoms with Crippen LogP contribution in [0.1, 0.15) is 56.6 Å². The van der Waals surface area contributed by atoms with Crippen molar-refractivity contribution >= 4 is 0 Å². The molecule has 0 aliphatic heterocycles. The Morgan fingerprint density at radius 1 is 1.29 bits per heavy atom. The molecule has 0 amide bonds. The molecule has 0 bridgehead atoms. The summed E-state index contributed by atoms with van der Waals surface area (Å²) in [5, 5.41) is 0. The average molecular weight is 195 g/mol. The van der Waals surface area contributed by atoms with E-state index in [9.17, 15) is 0 Å². The minimum atomic E-state index is 0.0838. The quantitative estimate of drug-likeness (QED) is 0.705. The van der Waals surface area contributed by atoms with E-state index in [0.29, 0.717) is 0 Å². The summed E-state index contributed by atoms with van der Waals surface area (Å²) in [4.78, 5) is 0. The topological polar surface area (TPSA) is 39.2 Å². The third kappa shape index (κ3) is 3.54. The van der Waals surface area contributed by atoms with Gasteiger partial charge in [0.25, 0.3) is 0 Å². The first-order valence-corrected chi connectivity index (χ1v) is 5.56. The first kappa shape index (κ1) is 11.3. The first-order valence-electron chi connectivity index (χ1n) is 5.56. The predicted molar refractivity (Wildman–Crippen MR) is 59.1 cm³/mol. The third-order valence-electron chi connectivity index (χ3n) is 2.50. The van der Waals surface area contributed by atoms with Gasteiger partial charge in [0, 0.05) is 0 Å². The summed E-state index contributed by atoms with van der Waals surface area (Å²) in [6.07, 6.45) is 6.10. The van der Waals surface area contributed by atoms with Gasteiger partial charge in [-0.05, 0) is 25.5 Å². The normalized spacial score (nSPS) is 13.1. The van der Waals surface area contributed by atoms with E-state index in [1.165, 1.54) is 25.7 Å². The highest BCUT2D eigenvalue weighted by Crippen LogP contribution is 2.19. The highest BCUT2D eigenvalue weighted by atomic mass is 16.3. The van der Waals surface area contributed by atoms with Gasteiger partial charge in [-0.25, -0.2) is 0 Å². The zero-order valence-corrected chi connectivity index (χ0v) is 9.25. The second-order valence-electron chi connectivity index (χ2n) is 3.90. The van der Waals surface area contributed by atoms with Crippen molar-refractivity contribution in [2.45, 2.75) is 52.0 Å². The van der Waals surface area contributed by atoms with Gasteiger partial charge in [-0.3, -0.25) is 0 Å². The molecule has 0 radical (unpaired) electrons. The zero-order valence-electron chi connectivity index (χ0n) is 9.25. The molecule has 0 saturated heterocycles. The van der Waals surface area contributed by atoms with Crippen LogP contribution in [0.25, 0.3) is 0 Å². The van der Waals surface area contributed by atoms with Gasteiger partial charge in [0.1, 0.15) is 11.5 Å². The molecule has 0 aliphatic rings. The SMILES string of the molecule is CCCCCCC(N)c1ccc(C)o1. The van der Waals surface area contributed by atoms with E-state index < -0.39 is 0 Å². The Labute approximate surface area is 86.5 Å². The molecule has 1 aromatic rings. The molecular formula is C12H21NO. The lowest BCUT2D eigenvalue weighted by Gasteiger charge is -2.07. The molecule has 1 atom stereocenters. The van der Waals surface area contributed by atoms with E-state index in [1.54, 1.807) is 0 Å².